The van der Waals surface area contributed by atoms with E-state index in [9.17, 15) is 9.59 Å². The van der Waals surface area contributed by atoms with Crippen LogP contribution in [0.3, 0.4) is 0 Å². The molecule has 27 heavy (non-hydrogen) atoms. The predicted octanol–water partition coefficient (Wildman–Crippen LogP) is 3.54. The number of anilines is 1. The van der Waals surface area contributed by atoms with Crippen molar-refractivity contribution in [3.63, 3.8) is 0 Å². The number of hydrogen-bond acceptors (Lipinski definition) is 3. The molecule has 0 saturated carbocycles. The van der Waals surface area contributed by atoms with Gasteiger partial charge in [-0.15, -0.1) is 0 Å². The van der Waals surface area contributed by atoms with Gasteiger partial charge in [0.2, 0.25) is 0 Å². The maximum absolute atomic E-state index is 12.9. The molecular weight excluding hydrogens is 340 g/mol. The normalized spacial score (nSPS) is 12.7. The fraction of sp³-hybridized carbons (Fsp3) is 0.0909. The van der Waals surface area contributed by atoms with Crippen molar-refractivity contribution in [2.75, 3.05) is 11.9 Å². The molecule has 0 bridgehead atoms. The van der Waals surface area contributed by atoms with E-state index in [1.807, 2.05) is 60.7 Å². The highest BCUT2D eigenvalue weighted by molar-refractivity contribution is 5.99. The van der Waals surface area contributed by atoms with Crippen molar-refractivity contribution < 1.29 is 14.3 Å². The van der Waals surface area contributed by atoms with Gasteiger partial charge < -0.3 is 15.4 Å². The van der Waals surface area contributed by atoms with Crippen LogP contribution < -0.4 is 15.4 Å². The van der Waals surface area contributed by atoms with Gasteiger partial charge in [-0.25, -0.2) is 0 Å². The Labute approximate surface area is 157 Å². The van der Waals surface area contributed by atoms with Crippen molar-refractivity contribution in [3.8, 4) is 5.75 Å². The van der Waals surface area contributed by atoms with E-state index >= 15 is 0 Å². The first-order chi connectivity index (χ1) is 13.2. The van der Waals surface area contributed by atoms with Gasteiger partial charge >= 0.3 is 0 Å². The lowest BCUT2D eigenvalue weighted by Crippen LogP contribution is -2.30. The van der Waals surface area contributed by atoms with Crippen LogP contribution in [0.25, 0.3) is 0 Å². The number of hydrogen-bond donors (Lipinski definition) is 2. The number of nitrogens with one attached hydrogen (secondary N) is 2. The highest BCUT2D eigenvalue weighted by Gasteiger charge is 2.21. The van der Waals surface area contributed by atoms with Crippen molar-refractivity contribution in [2.24, 2.45) is 0 Å². The first-order valence-corrected chi connectivity index (χ1v) is 8.68. The summed E-state index contributed by atoms with van der Waals surface area (Å²) in [5.41, 5.74) is 3.05. The number of benzene rings is 3. The third-order valence-electron chi connectivity index (χ3n) is 4.42. The molecule has 0 unspecified atom stereocenters. The molecule has 0 atom stereocenters. The SMILES string of the molecule is O=C1COc2cc(C(=O)NC(c3ccccc3)c3ccccc3)ccc2N1. The molecule has 0 saturated heterocycles. The summed E-state index contributed by atoms with van der Waals surface area (Å²) in [6.07, 6.45) is 0. The number of carbonyl (C=O) groups is 2. The van der Waals surface area contributed by atoms with Crippen LogP contribution in [-0.2, 0) is 4.79 Å². The summed E-state index contributed by atoms with van der Waals surface area (Å²) in [4.78, 5) is 24.3. The van der Waals surface area contributed by atoms with Gasteiger partial charge in [0.1, 0.15) is 5.75 Å². The first kappa shape index (κ1) is 16.8. The molecule has 0 fully saturated rings. The lowest BCUT2D eigenvalue weighted by molar-refractivity contribution is -0.118. The summed E-state index contributed by atoms with van der Waals surface area (Å²) in [5.74, 6) is 0.0853. The fourth-order valence-electron chi connectivity index (χ4n) is 3.08. The van der Waals surface area contributed by atoms with Crippen molar-refractivity contribution in [2.45, 2.75) is 6.04 Å². The summed E-state index contributed by atoms with van der Waals surface area (Å²) in [7, 11) is 0. The van der Waals surface area contributed by atoms with Gasteiger partial charge in [-0.3, -0.25) is 9.59 Å². The largest absolute Gasteiger partial charge is 0.482 e. The molecule has 5 nitrogen and oxygen atoms in total. The second kappa shape index (κ2) is 7.33. The molecule has 5 heteroatoms. The van der Waals surface area contributed by atoms with Gasteiger partial charge in [0.25, 0.3) is 11.8 Å². The molecule has 1 aliphatic heterocycles. The van der Waals surface area contributed by atoms with Gasteiger partial charge in [0.15, 0.2) is 6.61 Å². The van der Waals surface area contributed by atoms with E-state index < -0.39 is 0 Å². The molecule has 2 amide bonds. The molecule has 134 valence electrons. The Kier molecular flexibility index (Phi) is 4.58. The van der Waals surface area contributed by atoms with E-state index in [-0.39, 0.29) is 24.5 Å². The third kappa shape index (κ3) is 3.67. The third-order valence-corrected chi connectivity index (χ3v) is 4.42. The molecular formula is C22H18N2O3. The standard InChI is InChI=1S/C22H18N2O3/c25-20-14-27-19-13-17(11-12-18(19)23-20)22(26)24-21(15-7-3-1-4-8-15)16-9-5-2-6-10-16/h1-13,21H,14H2,(H,23,25)(H,24,26). The molecule has 3 aromatic carbocycles. The zero-order valence-electron chi connectivity index (χ0n) is 14.5. The minimum atomic E-state index is -0.267. The maximum atomic E-state index is 12.9. The van der Waals surface area contributed by atoms with Crippen molar-refractivity contribution in [3.05, 3.63) is 95.6 Å². The van der Waals surface area contributed by atoms with E-state index in [1.165, 1.54) is 0 Å². The zero-order chi connectivity index (χ0) is 18.6. The van der Waals surface area contributed by atoms with Gasteiger partial charge in [-0.2, -0.15) is 0 Å². The van der Waals surface area contributed by atoms with E-state index in [0.29, 0.717) is 17.0 Å². The second-order valence-electron chi connectivity index (χ2n) is 6.28. The molecule has 3 aromatic rings. The highest BCUT2D eigenvalue weighted by atomic mass is 16.5. The molecule has 0 aliphatic carbocycles. The molecule has 0 aromatic heterocycles. The van der Waals surface area contributed by atoms with Crippen LogP contribution >= 0.6 is 0 Å². The number of amides is 2. The Bertz CT molecular complexity index is 932. The van der Waals surface area contributed by atoms with Crippen LogP contribution in [0.5, 0.6) is 5.75 Å². The maximum Gasteiger partial charge on any atom is 0.262 e. The zero-order valence-corrected chi connectivity index (χ0v) is 14.5. The summed E-state index contributed by atoms with van der Waals surface area (Å²) in [6, 6.07) is 24.4. The monoisotopic (exact) mass is 358 g/mol. The predicted molar refractivity (Wildman–Crippen MR) is 103 cm³/mol. The smallest absolute Gasteiger partial charge is 0.262 e. The summed E-state index contributed by atoms with van der Waals surface area (Å²) < 4.78 is 5.41. The van der Waals surface area contributed by atoms with E-state index in [2.05, 4.69) is 10.6 Å². The average molecular weight is 358 g/mol. The average Bonchev–Trinajstić information content (AvgIpc) is 2.72. The Morgan fingerprint density at radius 2 is 1.56 bits per heavy atom. The van der Waals surface area contributed by atoms with Gasteiger partial charge in [-0.1, -0.05) is 60.7 Å². The molecule has 2 N–H and O–H groups in total. The van der Waals surface area contributed by atoms with Crippen LogP contribution in [0.15, 0.2) is 78.9 Å². The molecule has 1 aliphatic rings. The lowest BCUT2D eigenvalue weighted by atomic mass is 9.98. The lowest BCUT2D eigenvalue weighted by Gasteiger charge is -2.21. The van der Waals surface area contributed by atoms with Gasteiger partial charge in [-0.05, 0) is 29.3 Å². The quantitative estimate of drug-likeness (QED) is 0.750. The molecule has 4 rings (SSSR count). The first-order valence-electron chi connectivity index (χ1n) is 8.68. The van der Waals surface area contributed by atoms with Crippen LogP contribution in [-0.4, -0.2) is 18.4 Å². The van der Waals surface area contributed by atoms with E-state index in [4.69, 9.17) is 4.74 Å². The summed E-state index contributed by atoms with van der Waals surface area (Å²) in [6.45, 7) is -0.0469. The number of carbonyl (C=O) groups excluding carboxylic acids is 2. The topological polar surface area (TPSA) is 67.4 Å². The molecule has 0 radical (unpaired) electrons. The Hall–Kier alpha value is -3.60. The van der Waals surface area contributed by atoms with Gasteiger partial charge in [0.05, 0.1) is 11.7 Å². The summed E-state index contributed by atoms with van der Waals surface area (Å²) in [5, 5.41) is 5.82. The summed E-state index contributed by atoms with van der Waals surface area (Å²) >= 11 is 0. The van der Waals surface area contributed by atoms with Crippen LogP contribution in [0.2, 0.25) is 0 Å². The number of fused-ring (bicyclic) bond motifs is 1. The minimum Gasteiger partial charge on any atom is -0.482 e. The fourth-order valence-corrected chi connectivity index (χ4v) is 3.08. The van der Waals surface area contributed by atoms with Crippen molar-refractivity contribution >= 4 is 17.5 Å². The minimum absolute atomic E-state index is 0.0469. The van der Waals surface area contributed by atoms with Gasteiger partial charge in [0, 0.05) is 5.56 Å². The number of rotatable bonds is 4. The molecule has 0 spiro atoms. The van der Waals surface area contributed by atoms with Crippen molar-refractivity contribution in [1.82, 2.24) is 5.32 Å². The van der Waals surface area contributed by atoms with Crippen LogP contribution in [0, 0.1) is 0 Å². The van der Waals surface area contributed by atoms with E-state index in [1.54, 1.807) is 18.2 Å². The van der Waals surface area contributed by atoms with E-state index in [0.717, 1.165) is 11.1 Å². The van der Waals surface area contributed by atoms with Crippen LogP contribution in [0.1, 0.15) is 27.5 Å². The van der Waals surface area contributed by atoms with Crippen LogP contribution in [0.4, 0.5) is 5.69 Å². The highest BCUT2D eigenvalue weighted by Crippen LogP contribution is 2.29. The number of ether oxygens (including phenoxy) is 1. The van der Waals surface area contributed by atoms with Crippen molar-refractivity contribution in [1.29, 1.82) is 0 Å². The Morgan fingerprint density at radius 3 is 2.19 bits per heavy atom. The Balaban J connectivity index is 1.62. The Morgan fingerprint density at radius 1 is 0.926 bits per heavy atom. The second-order valence-corrected chi connectivity index (χ2v) is 6.28. The molecule has 1 heterocycles.